The predicted octanol–water partition coefficient (Wildman–Crippen LogP) is 0.163. The van der Waals surface area contributed by atoms with Gasteiger partial charge in [-0.3, -0.25) is 0 Å². The van der Waals surface area contributed by atoms with E-state index in [1.54, 1.807) is 6.07 Å². The summed E-state index contributed by atoms with van der Waals surface area (Å²) in [6.07, 6.45) is 0.202. The number of nitrogens with zero attached hydrogens (tertiary/aromatic N) is 1. The highest BCUT2D eigenvalue weighted by Crippen LogP contribution is 2.18. The molecule has 6 nitrogen and oxygen atoms in total. The van der Waals surface area contributed by atoms with Crippen LogP contribution in [0.2, 0.25) is 0 Å². The summed E-state index contributed by atoms with van der Waals surface area (Å²) in [6.45, 7) is 0. The number of halogens is 1. The minimum absolute atomic E-state index is 0.0625. The van der Waals surface area contributed by atoms with Crippen molar-refractivity contribution < 1.29 is 21.2 Å². The van der Waals surface area contributed by atoms with Crippen molar-refractivity contribution in [2.75, 3.05) is 11.5 Å². The zero-order valence-electron chi connectivity index (χ0n) is 10.2. The molecule has 1 aliphatic heterocycles. The molecule has 9 heteroatoms. The molecule has 1 fully saturated rings. The third-order valence-electron chi connectivity index (χ3n) is 2.92. The molecule has 0 spiro atoms. The molecule has 108 valence electrons. The molecular weight excluding hydrogens is 307 g/mol. The first-order valence-electron chi connectivity index (χ1n) is 5.66. The van der Waals surface area contributed by atoms with Crippen molar-refractivity contribution in [2.24, 2.45) is 0 Å². The van der Waals surface area contributed by atoms with Crippen LogP contribution in [0.25, 0.3) is 0 Å². The minimum Gasteiger partial charge on any atom is -0.229 e. The van der Waals surface area contributed by atoms with Crippen molar-refractivity contribution in [3.05, 3.63) is 29.6 Å². The molecule has 0 radical (unpaired) electrons. The number of sulfone groups is 1. The van der Waals surface area contributed by atoms with Crippen molar-refractivity contribution in [3.8, 4) is 6.07 Å². The van der Waals surface area contributed by atoms with Crippen LogP contribution in [0, 0.1) is 17.1 Å². The van der Waals surface area contributed by atoms with E-state index in [-0.39, 0.29) is 28.4 Å². The largest absolute Gasteiger partial charge is 0.240 e. The van der Waals surface area contributed by atoms with Gasteiger partial charge in [0.2, 0.25) is 10.0 Å². The van der Waals surface area contributed by atoms with Gasteiger partial charge in [-0.05, 0) is 24.6 Å². The lowest BCUT2D eigenvalue weighted by atomic mass is 10.2. The number of hydrogen-bond acceptors (Lipinski definition) is 5. The standard InChI is InChI=1S/C11H11FN2O4S2/c12-11-2-1-10(5-8(11)6-13)20(17,18)14-9-3-4-19(15,16)7-9/h1-2,5,9,14H,3-4,7H2. The fourth-order valence-corrected chi connectivity index (χ4v) is 5.01. The van der Waals surface area contributed by atoms with E-state index < -0.39 is 31.7 Å². The van der Waals surface area contributed by atoms with E-state index in [4.69, 9.17) is 5.26 Å². The predicted molar refractivity (Wildman–Crippen MR) is 68.5 cm³/mol. The van der Waals surface area contributed by atoms with Crippen LogP contribution >= 0.6 is 0 Å². The van der Waals surface area contributed by atoms with E-state index in [1.165, 1.54) is 0 Å². The quantitative estimate of drug-likeness (QED) is 0.855. The van der Waals surface area contributed by atoms with Gasteiger partial charge in [-0.15, -0.1) is 0 Å². The topological polar surface area (TPSA) is 104 Å². The summed E-state index contributed by atoms with van der Waals surface area (Å²) in [5, 5.41) is 8.68. The molecule has 0 saturated carbocycles. The molecule has 1 saturated heterocycles. The zero-order valence-corrected chi connectivity index (χ0v) is 11.8. The Balaban J connectivity index is 2.26. The molecule has 1 aromatic carbocycles. The van der Waals surface area contributed by atoms with E-state index in [9.17, 15) is 21.2 Å². The molecule has 1 aliphatic rings. The van der Waals surface area contributed by atoms with Gasteiger partial charge in [-0.2, -0.15) is 5.26 Å². The second-order valence-electron chi connectivity index (χ2n) is 4.47. The van der Waals surface area contributed by atoms with Gasteiger partial charge in [0.05, 0.1) is 22.0 Å². The maximum absolute atomic E-state index is 13.1. The monoisotopic (exact) mass is 318 g/mol. The van der Waals surface area contributed by atoms with Crippen LogP contribution in [-0.4, -0.2) is 34.4 Å². The Morgan fingerprint density at radius 1 is 1.40 bits per heavy atom. The van der Waals surface area contributed by atoms with E-state index in [0.29, 0.717) is 0 Å². The summed E-state index contributed by atoms with van der Waals surface area (Å²) in [4.78, 5) is -0.264. The van der Waals surface area contributed by atoms with Crippen LogP contribution < -0.4 is 4.72 Å². The Morgan fingerprint density at radius 3 is 2.65 bits per heavy atom. The summed E-state index contributed by atoms with van der Waals surface area (Å²) < 4.78 is 62.1. The van der Waals surface area contributed by atoms with Crippen LogP contribution in [0.1, 0.15) is 12.0 Å². The number of nitrogens with one attached hydrogen (secondary N) is 1. The van der Waals surface area contributed by atoms with Gasteiger partial charge in [-0.1, -0.05) is 0 Å². The molecule has 1 N–H and O–H groups in total. The van der Waals surface area contributed by atoms with Gasteiger partial charge in [0.15, 0.2) is 9.84 Å². The number of rotatable bonds is 3. The fraction of sp³-hybridized carbons (Fsp3) is 0.364. The number of sulfonamides is 1. The van der Waals surface area contributed by atoms with Crippen molar-refractivity contribution in [1.82, 2.24) is 4.72 Å². The second-order valence-corrected chi connectivity index (χ2v) is 8.42. The summed E-state index contributed by atoms with van der Waals surface area (Å²) in [7, 11) is -7.18. The van der Waals surface area contributed by atoms with Crippen molar-refractivity contribution in [2.45, 2.75) is 17.4 Å². The average Bonchev–Trinajstić information content (AvgIpc) is 2.68. The van der Waals surface area contributed by atoms with Crippen molar-refractivity contribution >= 4 is 19.9 Å². The molecule has 1 atom stereocenters. The highest BCUT2D eigenvalue weighted by atomic mass is 32.2. The lowest BCUT2D eigenvalue weighted by Crippen LogP contribution is -2.35. The average molecular weight is 318 g/mol. The number of hydrogen-bond donors (Lipinski definition) is 1. The Bertz CT molecular complexity index is 781. The lowest BCUT2D eigenvalue weighted by Gasteiger charge is -2.11. The normalized spacial score (nSPS) is 21.5. The third kappa shape index (κ3) is 3.15. The van der Waals surface area contributed by atoms with E-state index in [1.807, 2.05) is 0 Å². The van der Waals surface area contributed by atoms with E-state index >= 15 is 0 Å². The summed E-state index contributed by atoms with van der Waals surface area (Å²) in [5.41, 5.74) is -0.382. The molecule has 0 bridgehead atoms. The summed E-state index contributed by atoms with van der Waals surface area (Å²) in [6, 6.07) is 3.69. The van der Waals surface area contributed by atoms with Crippen LogP contribution in [0.15, 0.2) is 23.1 Å². The molecule has 0 aromatic heterocycles. The maximum Gasteiger partial charge on any atom is 0.240 e. The van der Waals surface area contributed by atoms with Crippen LogP contribution in [0.3, 0.4) is 0 Å². The van der Waals surface area contributed by atoms with Gasteiger partial charge in [-0.25, -0.2) is 25.9 Å². The molecule has 0 aliphatic carbocycles. The smallest absolute Gasteiger partial charge is 0.229 e. The maximum atomic E-state index is 13.1. The summed E-state index contributed by atoms with van der Waals surface area (Å²) >= 11 is 0. The van der Waals surface area contributed by atoms with Crippen molar-refractivity contribution in [1.29, 1.82) is 5.26 Å². The van der Waals surface area contributed by atoms with Crippen LogP contribution in [0.5, 0.6) is 0 Å². The SMILES string of the molecule is N#Cc1cc(S(=O)(=O)NC2CCS(=O)(=O)C2)ccc1F. The minimum atomic E-state index is -3.98. The Kier molecular flexibility index (Phi) is 3.82. The van der Waals surface area contributed by atoms with Crippen LogP contribution in [-0.2, 0) is 19.9 Å². The number of nitriles is 1. The molecule has 1 aromatic rings. The Labute approximate surface area is 116 Å². The van der Waals surface area contributed by atoms with Gasteiger partial charge < -0.3 is 0 Å². The van der Waals surface area contributed by atoms with Gasteiger partial charge >= 0.3 is 0 Å². The van der Waals surface area contributed by atoms with E-state index in [0.717, 1.165) is 18.2 Å². The molecule has 20 heavy (non-hydrogen) atoms. The molecule has 2 rings (SSSR count). The summed E-state index contributed by atoms with van der Waals surface area (Å²) in [5.74, 6) is -1.12. The van der Waals surface area contributed by atoms with Crippen molar-refractivity contribution in [3.63, 3.8) is 0 Å². The molecule has 0 amide bonds. The third-order valence-corrected chi connectivity index (χ3v) is 6.21. The lowest BCUT2D eigenvalue weighted by molar-refractivity contribution is 0.561. The molecule has 1 unspecified atom stereocenters. The van der Waals surface area contributed by atoms with Crippen LogP contribution in [0.4, 0.5) is 4.39 Å². The zero-order chi connectivity index (χ0) is 15.0. The second kappa shape index (κ2) is 5.12. The number of benzene rings is 1. The van der Waals surface area contributed by atoms with Gasteiger partial charge in [0.1, 0.15) is 11.9 Å². The van der Waals surface area contributed by atoms with Gasteiger partial charge in [0.25, 0.3) is 0 Å². The highest BCUT2D eigenvalue weighted by molar-refractivity contribution is 7.92. The Morgan fingerprint density at radius 2 is 2.10 bits per heavy atom. The highest BCUT2D eigenvalue weighted by Gasteiger charge is 2.31. The fourth-order valence-electron chi connectivity index (χ4n) is 1.93. The first kappa shape index (κ1) is 14.9. The molecular formula is C11H11FN2O4S2. The first-order chi connectivity index (χ1) is 9.23. The van der Waals surface area contributed by atoms with Gasteiger partial charge in [0, 0.05) is 6.04 Å². The Hall–Kier alpha value is -1.50. The van der Waals surface area contributed by atoms with E-state index in [2.05, 4.69) is 4.72 Å². The molecule has 1 heterocycles. The first-order valence-corrected chi connectivity index (χ1v) is 8.96.